The van der Waals surface area contributed by atoms with Crippen LogP contribution >= 0.6 is 0 Å². The molecule has 10 heteroatoms. The van der Waals surface area contributed by atoms with Crippen molar-refractivity contribution in [1.82, 2.24) is 25.5 Å². The summed E-state index contributed by atoms with van der Waals surface area (Å²) in [6.45, 7) is 2.68. The highest BCUT2D eigenvalue weighted by Gasteiger charge is 2.37. The van der Waals surface area contributed by atoms with Crippen molar-refractivity contribution >= 4 is 23.3 Å². The minimum Gasteiger partial charge on any atom is -0.346 e. The van der Waals surface area contributed by atoms with Gasteiger partial charge in [0.05, 0.1) is 23.7 Å². The number of likely N-dealkylation sites (tertiary alicyclic amines) is 1. The third-order valence-electron chi connectivity index (χ3n) is 7.10. The van der Waals surface area contributed by atoms with Gasteiger partial charge in [-0.15, -0.1) is 0 Å². The molecular weight excluding hydrogens is 466 g/mol. The highest BCUT2D eigenvalue weighted by Crippen LogP contribution is 2.33. The van der Waals surface area contributed by atoms with Crippen LogP contribution in [0.5, 0.6) is 0 Å². The first-order valence-corrected chi connectivity index (χ1v) is 12.0. The molecule has 0 radical (unpaired) electrons. The van der Waals surface area contributed by atoms with E-state index in [2.05, 4.69) is 25.9 Å². The molecule has 8 nitrogen and oxygen atoms in total. The number of nitrogens with one attached hydrogen (secondary N) is 3. The number of fused-ring (bicyclic) bond motifs is 1. The van der Waals surface area contributed by atoms with Crippen molar-refractivity contribution in [2.24, 2.45) is 0 Å². The number of amides is 2. The molecule has 2 aromatic carbocycles. The SMILES string of the molecule is O=C1NCc2nc(-c3c(F)cccc3F)nc(Nc3ccc([C@@H]4CCN([C@H]5CCNC5)C4=O)cc3)c21. The van der Waals surface area contributed by atoms with Gasteiger partial charge in [-0.1, -0.05) is 18.2 Å². The van der Waals surface area contributed by atoms with Gasteiger partial charge in [0.15, 0.2) is 5.82 Å². The van der Waals surface area contributed by atoms with Gasteiger partial charge in [0.2, 0.25) is 5.91 Å². The normalized spacial score (nSPS) is 21.1. The Labute approximate surface area is 206 Å². The Kier molecular flexibility index (Phi) is 5.60. The van der Waals surface area contributed by atoms with Gasteiger partial charge < -0.3 is 20.9 Å². The topological polar surface area (TPSA) is 99.2 Å². The lowest BCUT2D eigenvalue weighted by atomic mass is 9.97. The van der Waals surface area contributed by atoms with Crippen LogP contribution in [0.4, 0.5) is 20.3 Å². The molecule has 3 aliphatic rings. The number of hydrogen-bond donors (Lipinski definition) is 3. The van der Waals surface area contributed by atoms with E-state index >= 15 is 0 Å². The second kappa shape index (κ2) is 8.94. The molecule has 36 heavy (non-hydrogen) atoms. The van der Waals surface area contributed by atoms with Crippen molar-refractivity contribution in [1.29, 1.82) is 0 Å². The number of nitrogens with zero attached hydrogens (tertiary/aromatic N) is 3. The van der Waals surface area contributed by atoms with Crippen molar-refractivity contribution < 1.29 is 18.4 Å². The first kappa shape index (κ1) is 22.5. The van der Waals surface area contributed by atoms with E-state index < -0.39 is 11.6 Å². The molecule has 0 unspecified atom stereocenters. The second-order valence-corrected chi connectivity index (χ2v) is 9.26. The van der Waals surface area contributed by atoms with Crippen LogP contribution < -0.4 is 16.0 Å². The number of anilines is 2. The lowest BCUT2D eigenvalue weighted by Crippen LogP contribution is -2.38. The number of benzene rings is 2. The predicted octanol–water partition coefficient (Wildman–Crippen LogP) is 3.09. The van der Waals surface area contributed by atoms with Crippen LogP contribution in [0.3, 0.4) is 0 Å². The molecule has 4 heterocycles. The fraction of sp³-hybridized carbons (Fsp3) is 0.308. The van der Waals surface area contributed by atoms with E-state index in [1.807, 2.05) is 29.2 Å². The van der Waals surface area contributed by atoms with Crippen LogP contribution in [0.25, 0.3) is 11.4 Å². The number of carbonyl (C=O) groups excluding carboxylic acids is 2. The Morgan fingerprint density at radius 1 is 0.972 bits per heavy atom. The second-order valence-electron chi connectivity index (χ2n) is 9.26. The molecule has 3 aromatic rings. The molecule has 0 aliphatic carbocycles. The van der Waals surface area contributed by atoms with Gasteiger partial charge in [0.25, 0.3) is 5.91 Å². The van der Waals surface area contributed by atoms with Crippen LogP contribution in [0, 0.1) is 11.6 Å². The quantitative estimate of drug-likeness (QED) is 0.509. The summed E-state index contributed by atoms with van der Waals surface area (Å²) in [5, 5.41) is 9.10. The molecule has 184 valence electrons. The molecular formula is C26H24F2N6O2. The van der Waals surface area contributed by atoms with Crippen LogP contribution in [0.1, 0.15) is 40.4 Å². The number of halogens is 2. The van der Waals surface area contributed by atoms with Gasteiger partial charge in [0.1, 0.15) is 23.0 Å². The van der Waals surface area contributed by atoms with Crippen molar-refractivity contribution in [3.63, 3.8) is 0 Å². The molecule has 2 saturated heterocycles. The molecule has 6 rings (SSSR count). The van der Waals surface area contributed by atoms with Crippen LogP contribution in [0.2, 0.25) is 0 Å². The molecule has 0 saturated carbocycles. The van der Waals surface area contributed by atoms with Crippen molar-refractivity contribution in [3.8, 4) is 11.4 Å². The largest absolute Gasteiger partial charge is 0.346 e. The van der Waals surface area contributed by atoms with Gasteiger partial charge in [-0.2, -0.15) is 0 Å². The Hall–Kier alpha value is -3.92. The first-order valence-electron chi connectivity index (χ1n) is 12.0. The third kappa shape index (κ3) is 3.87. The average Bonchev–Trinajstić information content (AvgIpc) is 3.60. The fourth-order valence-corrected chi connectivity index (χ4v) is 5.25. The number of aromatic nitrogens is 2. The summed E-state index contributed by atoms with van der Waals surface area (Å²) in [4.78, 5) is 36.0. The zero-order valence-corrected chi connectivity index (χ0v) is 19.4. The summed E-state index contributed by atoms with van der Waals surface area (Å²) >= 11 is 0. The van der Waals surface area contributed by atoms with Crippen LogP contribution in [0.15, 0.2) is 42.5 Å². The molecule has 2 atom stereocenters. The van der Waals surface area contributed by atoms with E-state index in [0.717, 1.165) is 50.2 Å². The first-order chi connectivity index (χ1) is 17.5. The summed E-state index contributed by atoms with van der Waals surface area (Å²) in [6, 6.07) is 11.2. The van der Waals surface area contributed by atoms with Gasteiger partial charge in [-0.3, -0.25) is 9.59 Å². The minimum absolute atomic E-state index is 0.141. The Morgan fingerprint density at radius 3 is 2.47 bits per heavy atom. The van der Waals surface area contributed by atoms with Crippen molar-refractivity contribution in [2.45, 2.75) is 31.3 Å². The van der Waals surface area contributed by atoms with E-state index in [1.54, 1.807) is 0 Å². The molecule has 2 fully saturated rings. The van der Waals surface area contributed by atoms with Gasteiger partial charge in [0, 0.05) is 24.8 Å². The Balaban J connectivity index is 1.27. The maximum atomic E-state index is 14.4. The lowest BCUT2D eigenvalue weighted by Gasteiger charge is -2.23. The van der Waals surface area contributed by atoms with Crippen LogP contribution in [-0.4, -0.2) is 52.4 Å². The summed E-state index contributed by atoms with van der Waals surface area (Å²) in [6.07, 6.45) is 1.76. The fourth-order valence-electron chi connectivity index (χ4n) is 5.25. The summed E-state index contributed by atoms with van der Waals surface area (Å²) in [5.41, 5.74) is 1.82. The molecule has 2 amide bonds. The van der Waals surface area contributed by atoms with E-state index in [-0.39, 0.29) is 53.1 Å². The minimum atomic E-state index is -0.786. The van der Waals surface area contributed by atoms with Crippen molar-refractivity contribution in [2.75, 3.05) is 25.0 Å². The van der Waals surface area contributed by atoms with E-state index in [1.165, 1.54) is 6.07 Å². The van der Waals surface area contributed by atoms with Crippen molar-refractivity contribution in [3.05, 3.63) is 70.9 Å². The number of rotatable bonds is 5. The summed E-state index contributed by atoms with van der Waals surface area (Å²) < 4.78 is 28.8. The Bertz CT molecular complexity index is 1340. The highest BCUT2D eigenvalue weighted by atomic mass is 19.1. The number of carbonyl (C=O) groups is 2. The molecule has 3 aliphatic heterocycles. The van der Waals surface area contributed by atoms with Gasteiger partial charge in [-0.05, 0) is 49.2 Å². The standard InChI is InChI=1S/C26H24F2N6O2/c27-18-2-1-3-19(28)21(18)23-32-20-13-30-25(35)22(20)24(33-23)31-15-6-4-14(5-7-15)17-9-11-34(26(17)36)16-8-10-29-12-16/h1-7,16-17,29H,8-13H2,(H,30,35)(H,31,32,33)/t16-,17-/m0/s1. The maximum absolute atomic E-state index is 14.4. The van der Waals surface area contributed by atoms with Gasteiger partial charge >= 0.3 is 0 Å². The maximum Gasteiger partial charge on any atom is 0.257 e. The van der Waals surface area contributed by atoms with Crippen LogP contribution in [-0.2, 0) is 11.3 Å². The predicted molar refractivity (Wildman–Crippen MR) is 129 cm³/mol. The third-order valence-corrected chi connectivity index (χ3v) is 7.10. The lowest BCUT2D eigenvalue weighted by molar-refractivity contribution is -0.130. The smallest absolute Gasteiger partial charge is 0.257 e. The highest BCUT2D eigenvalue weighted by molar-refractivity contribution is 6.03. The summed E-state index contributed by atoms with van der Waals surface area (Å²) in [7, 11) is 0. The van der Waals surface area contributed by atoms with Gasteiger partial charge in [-0.25, -0.2) is 18.7 Å². The Morgan fingerprint density at radius 2 is 1.75 bits per heavy atom. The average molecular weight is 491 g/mol. The van der Waals surface area contributed by atoms with E-state index in [9.17, 15) is 18.4 Å². The monoisotopic (exact) mass is 490 g/mol. The molecule has 1 aromatic heterocycles. The van der Waals surface area contributed by atoms with E-state index in [0.29, 0.717) is 11.4 Å². The zero-order chi connectivity index (χ0) is 24.8. The zero-order valence-electron chi connectivity index (χ0n) is 19.4. The molecule has 0 spiro atoms. The number of hydrogen-bond acceptors (Lipinski definition) is 6. The summed E-state index contributed by atoms with van der Waals surface area (Å²) in [5.74, 6) is -1.93. The molecule has 3 N–H and O–H groups in total. The van der Waals surface area contributed by atoms with E-state index in [4.69, 9.17) is 0 Å². The molecule has 0 bridgehead atoms.